The van der Waals surface area contributed by atoms with Crippen molar-refractivity contribution in [2.24, 2.45) is 0 Å². The van der Waals surface area contributed by atoms with Gasteiger partial charge in [-0.25, -0.2) is 8.78 Å². The number of benzene rings is 2. The molecule has 0 spiro atoms. The third-order valence-corrected chi connectivity index (χ3v) is 4.56. The second-order valence-electron chi connectivity index (χ2n) is 4.83. The molecule has 0 aromatic heterocycles. The maximum Gasteiger partial charge on any atom is 0.254 e. The molecule has 2 aromatic carbocycles. The first-order chi connectivity index (χ1) is 10.1. The number of carbonyl (C=O) groups is 1. The van der Waals surface area contributed by atoms with E-state index in [2.05, 4.69) is 5.32 Å². The molecule has 0 saturated heterocycles. The van der Waals surface area contributed by atoms with E-state index >= 15 is 0 Å². The summed E-state index contributed by atoms with van der Waals surface area (Å²) in [7, 11) is 0. The van der Waals surface area contributed by atoms with Gasteiger partial charge in [0.2, 0.25) is 0 Å². The number of carbonyl (C=O) groups excluding carboxylic acids is 1. The molecule has 2 aromatic rings. The van der Waals surface area contributed by atoms with Crippen LogP contribution in [0.3, 0.4) is 0 Å². The molecule has 1 atom stereocenters. The molecule has 1 aliphatic heterocycles. The maximum absolute atomic E-state index is 13.6. The molecule has 3 rings (SSSR count). The minimum Gasteiger partial charge on any atom is -0.345 e. The Bertz CT molecular complexity index is 690. The third kappa shape index (κ3) is 2.93. The number of rotatable bonds is 2. The summed E-state index contributed by atoms with van der Waals surface area (Å²) in [5.41, 5.74) is 0.768. The van der Waals surface area contributed by atoms with Gasteiger partial charge in [-0.3, -0.25) is 4.79 Å². The lowest BCUT2D eigenvalue weighted by molar-refractivity contribution is 0.0931. The highest BCUT2D eigenvalue weighted by molar-refractivity contribution is 7.99. The van der Waals surface area contributed by atoms with Gasteiger partial charge in [-0.15, -0.1) is 11.8 Å². The third-order valence-electron chi connectivity index (χ3n) is 3.44. The van der Waals surface area contributed by atoms with E-state index in [4.69, 9.17) is 0 Å². The first-order valence-electron chi connectivity index (χ1n) is 6.63. The molecule has 0 bridgehead atoms. The number of thioether (sulfide) groups is 1. The van der Waals surface area contributed by atoms with Crippen molar-refractivity contribution in [3.8, 4) is 0 Å². The maximum atomic E-state index is 13.6. The summed E-state index contributed by atoms with van der Waals surface area (Å²) in [4.78, 5) is 13.1. The van der Waals surface area contributed by atoms with E-state index in [1.54, 1.807) is 23.9 Å². The lowest BCUT2D eigenvalue weighted by atomic mass is 10.0. The molecule has 1 aliphatic rings. The zero-order chi connectivity index (χ0) is 14.8. The Hall–Kier alpha value is -1.88. The largest absolute Gasteiger partial charge is 0.345 e. The van der Waals surface area contributed by atoms with Gasteiger partial charge in [0.15, 0.2) is 0 Å². The molecule has 5 heteroatoms. The molecular formula is C16H13F2NOS. The zero-order valence-electron chi connectivity index (χ0n) is 11.1. The SMILES string of the molecule is O=C(N[C@@H]1CCSc2ccc(F)cc21)c1ccccc1F. The van der Waals surface area contributed by atoms with E-state index in [1.807, 2.05) is 0 Å². The molecular weight excluding hydrogens is 292 g/mol. The van der Waals surface area contributed by atoms with Crippen molar-refractivity contribution >= 4 is 17.7 Å². The van der Waals surface area contributed by atoms with Gasteiger partial charge in [0.25, 0.3) is 5.91 Å². The van der Waals surface area contributed by atoms with E-state index < -0.39 is 11.7 Å². The van der Waals surface area contributed by atoms with Crippen LogP contribution in [0.4, 0.5) is 8.78 Å². The Labute approximate surface area is 125 Å². The van der Waals surface area contributed by atoms with Gasteiger partial charge >= 0.3 is 0 Å². The molecule has 1 heterocycles. The number of hydrogen-bond acceptors (Lipinski definition) is 2. The quantitative estimate of drug-likeness (QED) is 0.911. The van der Waals surface area contributed by atoms with Crippen LogP contribution in [-0.4, -0.2) is 11.7 Å². The van der Waals surface area contributed by atoms with Crippen LogP contribution in [0.25, 0.3) is 0 Å². The Morgan fingerprint density at radius 2 is 2.00 bits per heavy atom. The predicted octanol–water partition coefficient (Wildman–Crippen LogP) is 3.93. The fourth-order valence-corrected chi connectivity index (χ4v) is 3.50. The smallest absolute Gasteiger partial charge is 0.254 e. The van der Waals surface area contributed by atoms with Crippen molar-refractivity contribution in [1.82, 2.24) is 5.32 Å². The molecule has 0 fully saturated rings. The van der Waals surface area contributed by atoms with E-state index in [9.17, 15) is 13.6 Å². The van der Waals surface area contributed by atoms with Gasteiger partial charge in [-0.1, -0.05) is 12.1 Å². The Morgan fingerprint density at radius 1 is 1.19 bits per heavy atom. The lowest BCUT2D eigenvalue weighted by Gasteiger charge is -2.26. The normalized spacial score (nSPS) is 17.1. The molecule has 0 unspecified atom stereocenters. The van der Waals surface area contributed by atoms with Crippen LogP contribution in [0.15, 0.2) is 47.4 Å². The highest BCUT2D eigenvalue weighted by atomic mass is 32.2. The van der Waals surface area contributed by atoms with Gasteiger partial charge < -0.3 is 5.32 Å². The Kier molecular flexibility index (Phi) is 3.92. The van der Waals surface area contributed by atoms with Crippen LogP contribution in [0.1, 0.15) is 28.4 Å². The highest BCUT2D eigenvalue weighted by Gasteiger charge is 2.24. The molecule has 1 amide bonds. The number of hydrogen-bond donors (Lipinski definition) is 1. The van der Waals surface area contributed by atoms with Gasteiger partial charge in [-0.05, 0) is 42.3 Å². The summed E-state index contributed by atoms with van der Waals surface area (Å²) in [6.07, 6.45) is 0.696. The molecule has 2 nitrogen and oxygen atoms in total. The average Bonchev–Trinajstić information content (AvgIpc) is 2.48. The molecule has 21 heavy (non-hydrogen) atoms. The second kappa shape index (κ2) is 5.85. The van der Waals surface area contributed by atoms with Gasteiger partial charge in [0.05, 0.1) is 11.6 Å². The summed E-state index contributed by atoms with van der Waals surface area (Å²) in [6, 6.07) is 10.1. The van der Waals surface area contributed by atoms with Gasteiger partial charge in [0.1, 0.15) is 11.6 Å². The molecule has 1 N–H and O–H groups in total. The van der Waals surface area contributed by atoms with Crippen molar-refractivity contribution < 1.29 is 13.6 Å². The molecule has 108 valence electrons. The van der Waals surface area contributed by atoms with Crippen molar-refractivity contribution in [2.45, 2.75) is 17.4 Å². The predicted molar refractivity (Wildman–Crippen MR) is 78.3 cm³/mol. The fraction of sp³-hybridized carbons (Fsp3) is 0.188. The summed E-state index contributed by atoms with van der Waals surface area (Å²) in [5.74, 6) is -0.526. The first-order valence-corrected chi connectivity index (χ1v) is 7.61. The topological polar surface area (TPSA) is 29.1 Å². The monoisotopic (exact) mass is 305 g/mol. The summed E-state index contributed by atoms with van der Waals surface area (Å²) in [6.45, 7) is 0. The van der Waals surface area contributed by atoms with Crippen molar-refractivity contribution in [3.05, 3.63) is 65.2 Å². The van der Waals surface area contributed by atoms with Crippen molar-refractivity contribution in [1.29, 1.82) is 0 Å². The summed E-state index contributed by atoms with van der Waals surface area (Å²) < 4.78 is 27.0. The van der Waals surface area contributed by atoms with Crippen LogP contribution in [0.2, 0.25) is 0 Å². The Morgan fingerprint density at radius 3 is 2.81 bits per heavy atom. The minimum atomic E-state index is -0.556. The highest BCUT2D eigenvalue weighted by Crippen LogP contribution is 2.36. The average molecular weight is 305 g/mol. The Balaban J connectivity index is 1.85. The van der Waals surface area contributed by atoms with Crippen molar-refractivity contribution in [2.75, 3.05) is 5.75 Å². The van der Waals surface area contributed by atoms with Crippen LogP contribution in [0, 0.1) is 11.6 Å². The second-order valence-corrected chi connectivity index (χ2v) is 5.96. The van der Waals surface area contributed by atoms with Crippen LogP contribution >= 0.6 is 11.8 Å². The molecule has 0 radical (unpaired) electrons. The van der Waals surface area contributed by atoms with Crippen molar-refractivity contribution in [3.63, 3.8) is 0 Å². The summed E-state index contributed by atoms with van der Waals surface area (Å²) >= 11 is 1.64. The van der Waals surface area contributed by atoms with Crippen LogP contribution in [0.5, 0.6) is 0 Å². The van der Waals surface area contributed by atoms with E-state index in [1.165, 1.54) is 30.3 Å². The van der Waals surface area contributed by atoms with E-state index in [0.29, 0.717) is 6.42 Å². The van der Waals surface area contributed by atoms with E-state index in [-0.39, 0.29) is 17.4 Å². The van der Waals surface area contributed by atoms with E-state index in [0.717, 1.165) is 16.2 Å². The first kappa shape index (κ1) is 14.1. The van der Waals surface area contributed by atoms with Gasteiger partial charge in [0, 0.05) is 10.6 Å². The summed E-state index contributed by atoms with van der Waals surface area (Å²) in [5, 5.41) is 2.80. The zero-order valence-corrected chi connectivity index (χ0v) is 11.9. The van der Waals surface area contributed by atoms with Gasteiger partial charge in [-0.2, -0.15) is 0 Å². The number of halogens is 2. The standard InChI is InChI=1S/C16H13F2NOS/c17-10-5-6-15-12(9-10)14(7-8-21-15)19-16(20)11-3-1-2-4-13(11)18/h1-6,9,14H,7-8H2,(H,19,20)/t14-/m1/s1. The number of amides is 1. The fourth-order valence-electron chi connectivity index (χ4n) is 2.40. The number of nitrogens with one attached hydrogen (secondary N) is 1. The molecule has 0 saturated carbocycles. The van der Waals surface area contributed by atoms with Crippen LogP contribution < -0.4 is 5.32 Å². The minimum absolute atomic E-state index is 0.00804. The lowest BCUT2D eigenvalue weighted by Crippen LogP contribution is -2.31. The van der Waals surface area contributed by atoms with Crippen LogP contribution in [-0.2, 0) is 0 Å². The number of fused-ring (bicyclic) bond motifs is 1. The molecule has 0 aliphatic carbocycles.